The summed E-state index contributed by atoms with van der Waals surface area (Å²) in [5.74, 6) is 0.327. The zero-order chi connectivity index (χ0) is 26.9. The Bertz CT molecular complexity index is 926. The second-order valence-electron chi connectivity index (χ2n) is 7.21. The quantitative estimate of drug-likeness (QED) is 0.298. The van der Waals surface area contributed by atoms with Crippen LogP contribution in [0.5, 0.6) is 0 Å². The van der Waals surface area contributed by atoms with E-state index in [0.717, 1.165) is 13.2 Å². The molecule has 36 heavy (non-hydrogen) atoms. The summed E-state index contributed by atoms with van der Waals surface area (Å²) in [7, 11) is 0. The van der Waals surface area contributed by atoms with E-state index < -0.39 is 9.85 Å². The minimum absolute atomic E-state index is 0.0231. The third-order valence-electron chi connectivity index (χ3n) is 4.60. The average Bonchev–Trinajstić information content (AvgIpc) is 2.86. The van der Waals surface area contributed by atoms with E-state index in [1.165, 1.54) is 43.8 Å². The standard InChI is InChI=1S/C9H12N4O3.C5H4ClN3O2.C5H10O.C2H6O/c10-7-1-2-11-9(8(7)13(14)15)12-3-5-16-6-4-12;6-5-4(9(10)11)3(7)1-2-8-5;1-2-4-6-5-3-1;1-2-3/h1-2H,3-6H2,(H2,10,11);1-2H,(H2,7,8);1-5H2;3H,2H2,1H3. The number of hydrogen-bond acceptors (Lipinski definition) is 12. The molecule has 0 saturated carbocycles. The van der Waals surface area contributed by atoms with Crippen LogP contribution in [-0.4, -0.2) is 71.0 Å². The van der Waals surface area contributed by atoms with Gasteiger partial charge in [0, 0.05) is 45.3 Å². The largest absolute Gasteiger partial charge is 0.397 e. The average molecular weight is 530 g/mol. The van der Waals surface area contributed by atoms with Gasteiger partial charge in [-0.1, -0.05) is 11.6 Å². The first-order valence-corrected chi connectivity index (χ1v) is 11.6. The summed E-state index contributed by atoms with van der Waals surface area (Å²) in [5, 5.41) is 28.5. The molecule has 200 valence electrons. The first kappa shape index (κ1) is 30.7. The van der Waals surface area contributed by atoms with Gasteiger partial charge in [-0.05, 0) is 38.3 Å². The number of nitrogen functional groups attached to an aromatic ring is 2. The zero-order valence-corrected chi connectivity index (χ0v) is 20.8. The van der Waals surface area contributed by atoms with Crippen LogP contribution in [-0.2, 0) is 9.47 Å². The number of rotatable bonds is 3. The molecule has 0 atom stereocenters. The Morgan fingerprint density at radius 1 is 0.944 bits per heavy atom. The van der Waals surface area contributed by atoms with Crippen molar-refractivity contribution in [3.05, 3.63) is 49.9 Å². The molecule has 0 radical (unpaired) electrons. The van der Waals surface area contributed by atoms with Crippen molar-refractivity contribution in [2.24, 2.45) is 0 Å². The highest BCUT2D eigenvalue weighted by molar-refractivity contribution is 6.31. The number of anilines is 3. The lowest BCUT2D eigenvalue weighted by Crippen LogP contribution is -2.37. The van der Waals surface area contributed by atoms with Gasteiger partial charge in [0.05, 0.1) is 23.1 Å². The first-order chi connectivity index (χ1) is 17.2. The molecular formula is C21H32ClN7O7. The van der Waals surface area contributed by atoms with Crippen LogP contribution < -0.4 is 16.4 Å². The van der Waals surface area contributed by atoms with Gasteiger partial charge >= 0.3 is 11.4 Å². The van der Waals surface area contributed by atoms with Crippen LogP contribution in [0.1, 0.15) is 26.2 Å². The number of pyridine rings is 2. The molecule has 0 aromatic carbocycles. The molecule has 0 spiro atoms. The number of aromatic nitrogens is 2. The molecular weight excluding hydrogens is 498 g/mol. The monoisotopic (exact) mass is 529 g/mol. The van der Waals surface area contributed by atoms with E-state index in [2.05, 4.69) is 9.97 Å². The molecule has 14 nitrogen and oxygen atoms in total. The fraction of sp³-hybridized carbons (Fsp3) is 0.524. The summed E-state index contributed by atoms with van der Waals surface area (Å²) in [4.78, 5) is 29.4. The van der Waals surface area contributed by atoms with E-state index in [1.807, 2.05) is 4.90 Å². The highest BCUT2D eigenvalue weighted by atomic mass is 35.5. The van der Waals surface area contributed by atoms with Crippen molar-refractivity contribution in [1.82, 2.24) is 9.97 Å². The van der Waals surface area contributed by atoms with Crippen molar-refractivity contribution >= 4 is 40.2 Å². The van der Waals surface area contributed by atoms with Gasteiger partial charge in [-0.25, -0.2) is 9.97 Å². The summed E-state index contributed by atoms with van der Waals surface area (Å²) >= 11 is 5.39. The van der Waals surface area contributed by atoms with Gasteiger partial charge in [-0.2, -0.15) is 0 Å². The molecule has 2 fully saturated rings. The van der Waals surface area contributed by atoms with E-state index in [1.54, 1.807) is 6.92 Å². The molecule has 2 aromatic heterocycles. The minimum atomic E-state index is -0.662. The van der Waals surface area contributed by atoms with Crippen molar-refractivity contribution in [2.45, 2.75) is 26.2 Å². The number of aliphatic hydroxyl groups excluding tert-OH is 1. The molecule has 4 rings (SSSR count). The molecule has 2 aliphatic heterocycles. The van der Waals surface area contributed by atoms with Crippen molar-refractivity contribution in [2.75, 3.05) is 62.5 Å². The van der Waals surface area contributed by atoms with E-state index in [9.17, 15) is 20.2 Å². The molecule has 0 unspecified atom stereocenters. The van der Waals surface area contributed by atoms with Crippen molar-refractivity contribution in [3.8, 4) is 0 Å². The zero-order valence-electron chi connectivity index (χ0n) is 20.0. The fourth-order valence-corrected chi connectivity index (χ4v) is 3.20. The molecule has 4 heterocycles. The lowest BCUT2D eigenvalue weighted by molar-refractivity contribution is -0.384. The van der Waals surface area contributed by atoms with Gasteiger partial charge < -0.3 is 30.9 Å². The summed E-state index contributed by atoms with van der Waals surface area (Å²) in [6.45, 7) is 6.22. The number of nitrogens with zero attached hydrogens (tertiary/aromatic N) is 5. The second kappa shape index (κ2) is 17.2. The van der Waals surface area contributed by atoms with Crippen LogP contribution >= 0.6 is 11.6 Å². The lowest BCUT2D eigenvalue weighted by Gasteiger charge is -2.27. The van der Waals surface area contributed by atoms with Gasteiger partial charge in [-0.3, -0.25) is 20.2 Å². The predicted molar refractivity (Wildman–Crippen MR) is 136 cm³/mol. The molecule has 2 aliphatic rings. The van der Waals surface area contributed by atoms with Crippen LogP contribution in [0, 0.1) is 20.2 Å². The molecule has 0 aliphatic carbocycles. The molecule has 2 aromatic rings. The van der Waals surface area contributed by atoms with E-state index in [-0.39, 0.29) is 34.5 Å². The SMILES string of the molecule is C1CCOCC1.CCO.Nc1ccnc(Cl)c1[N+](=O)[O-].Nc1ccnc(N2CCOCC2)c1[N+](=O)[O-]. The number of morpholine rings is 1. The van der Waals surface area contributed by atoms with Crippen LogP contribution in [0.3, 0.4) is 0 Å². The number of ether oxygens (including phenoxy) is 2. The first-order valence-electron chi connectivity index (χ1n) is 11.2. The topological polar surface area (TPSA) is 206 Å². The Labute approximate surface area is 213 Å². The van der Waals surface area contributed by atoms with Gasteiger partial charge in [0.1, 0.15) is 11.4 Å². The summed E-state index contributed by atoms with van der Waals surface area (Å²) < 4.78 is 10.3. The Morgan fingerprint density at radius 3 is 1.81 bits per heavy atom. The number of nitro groups is 2. The summed E-state index contributed by atoms with van der Waals surface area (Å²) in [5.41, 5.74) is 10.5. The normalized spacial score (nSPS) is 14.6. The molecule has 2 saturated heterocycles. The summed E-state index contributed by atoms with van der Waals surface area (Å²) in [6, 6.07) is 2.76. The predicted octanol–water partition coefficient (Wildman–Crippen LogP) is 2.82. The maximum absolute atomic E-state index is 10.9. The van der Waals surface area contributed by atoms with Crippen LogP contribution in [0.2, 0.25) is 5.15 Å². The number of aliphatic hydroxyl groups is 1. The lowest BCUT2D eigenvalue weighted by atomic mass is 10.2. The van der Waals surface area contributed by atoms with Crippen molar-refractivity contribution in [1.29, 1.82) is 0 Å². The van der Waals surface area contributed by atoms with Crippen LogP contribution in [0.25, 0.3) is 0 Å². The van der Waals surface area contributed by atoms with Crippen LogP contribution in [0.4, 0.5) is 28.6 Å². The van der Waals surface area contributed by atoms with Crippen molar-refractivity contribution < 1.29 is 24.4 Å². The third kappa shape index (κ3) is 10.5. The maximum Gasteiger partial charge on any atom is 0.334 e. The molecule has 0 bridgehead atoms. The molecule has 15 heteroatoms. The molecule has 5 N–H and O–H groups in total. The third-order valence-corrected chi connectivity index (χ3v) is 4.88. The number of nitrogens with two attached hydrogens (primary N) is 2. The van der Waals surface area contributed by atoms with E-state index in [4.69, 9.17) is 37.6 Å². The fourth-order valence-electron chi connectivity index (χ4n) is 2.96. The maximum atomic E-state index is 10.9. The van der Waals surface area contributed by atoms with Gasteiger partial charge in [0.25, 0.3) is 0 Å². The van der Waals surface area contributed by atoms with Crippen molar-refractivity contribution in [3.63, 3.8) is 0 Å². The van der Waals surface area contributed by atoms with E-state index >= 15 is 0 Å². The Balaban J connectivity index is 0.000000279. The highest BCUT2D eigenvalue weighted by Gasteiger charge is 2.25. The second-order valence-corrected chi connectivity index (χ2v) is 7.57. The number of hydrogen-bond donors (Lipinski definition) is 3. The van der Waals surface area contributed by atoms with E-state index in [0.29, 0.717) is 32.1 Å². The Kier molecular flexibility index (Phi) is 14.6. The van der Waals surface area contributed by atoms with Gasteiger partial charge in [-0.15, -0.1) is 0 Å². The van der Waals surface area contributed by atoms with Gasteiger partial charge in [0.15, 0.2) is 0 Å². The molecule has 0 amide bonds. The Morgan fingerprint density at radius 2 is 1.42 bits per heavy atom. The minimum Gasteiger partial charge on any atom is -0.397 e. The summed E-state index contributed by atoms with van der Waals surface area (Å²) in [6.07, 6.45) is 6.72. The Hall–Kier alpha value is -3.33. The van der Waals surface area contributed by atoms with Gasteiger partial charge in [0.2, 0.25) is 11.0 Å². The highest BCUT2D eigenvalue weighted by Crippen LogP contribution is 2.31. The van der Waals surface area contributed by atoms with Crippen LogP contribution in [0.15, 0.2) is 24.5 Å². The smallest absolute Gasteiger partial charge is 0.334 e. The number of halogens is 1.